The molecule has 2 rings (SSSR count). The van der Waals surface area contributed by atoms with Gasteiger partial charge in [-0.2, -0.15) is 0 Å². The van der Waals surface area contributed by atoms with Crippen LogP contribution in [0.4, 0.5) is 8.78 Å². The van der Waals surface area contributed by atoms with E-state index in [1.54, 1.807) is 0 Å². The molecular weight excluding hydrogens is 222 g/mol. The average molecular weight is 238 g/mol. The predicted molar refractivity (Wildman–Crippen MR) is 61.9 cm³/mol. The van der Waals surface area contributed by atoms with Crippen molar-refractivity contribution in [2.24, 2.45) is 5.41 Å². The summed E-state index contributed by atoms with van der Waals surface area (Å²) < 4.78 is 26.7. The molecular formula is C14H16F2O. The molecule has 0 saturated heterocycles. The van der Waals surface area contributed by atoms with Crippen LogP contribution < -0.4 is 0 Å². The molecule has 0 heterocycles. The smallest absolute Gasteiger partial charge is 0.172 e. The van der Waals surface area contributed by atoms with E-state index in [0.717, 1.165) is 31.7 Å². The largest absolute Gasteiger partial charge is 0.293 e. The van der Waals surface area contributed by atoms with Gasteiger partial charge in [-0.25, -0.2) is 8.78 Å². The van der Waals surface area contributed by atoms with E-state index in [1.807, 2.05) is 6.92 Å². The van der Waals surface area contributed by atoms with Gasteiger partial charge in [-0.05, 0) is 31.4 Å². The van der Waals surface area contributed by atoms with Crippen LogP contribution in [0.1, 0.15) is 49.4 Å². The summed E-state index contributed by atoms with van der Waals surface area (Å²) in [5.41, 5.74) is -0.553. The number of carbonyl (C=O) groups is 1. The Morgan fingerprint density at radius 3 is 2.53 bits per heavy atom. The molecule has 0 aliphatic heterocycles. The van der Waals surface area contributed by atoms with Crippen LogP contribution in [-0.4, -0.2) is 5.78 Å². The van der Waals surface area contributed by atoms with E-state index in [4.69, 9.17) is 0 Å². The van der Waals surface area contributed by atoms with Crippen molar-refractivity contribution >= 4 is 5.78 Å². The highest BCUT2D eigenvalue weighted by Gasteiger charge is 2.40. The zero-order chi connectivity index (χ0) is 12.5. The van der Waals surface area contributed by atoms with Crippen LogP contribution >= 0.6 is 0 Å². The lowest BCUT2D eigenvalue weighted by Gasteiger charge is -2.25. The Morgan fingerprint density at radius 2 is 1.94 bits per heavy atom. The van der Waals surface area contributed by atoms with E-state index in [9.17, 15) is 13.6 Å². The normalized spacial score (nSPS) is 18.3. The Morgan fingerprint density at radius 1 is 1.29 bits per heavy atom. The second-order valence-electron chi connectivity index (χ2n) is 4.77. The standard InChI is InChI=1S/C14H16F2O/c1-2-14(8-3-4-9-14)13(17)10-6-5-7-11(15)12(10)16/h5-7H,2-4,8-9H2,1H3. The lowest BCUT2D eigenvalue weighted by atomic mass is 9.76. The van der Waals surface area contributed by atoms with Gasteiger partial charge in [0.2, 0.25) is 0 Å². The van der Waals surface area contributed by atoms with Gasteiger partial charge in [-0.1, -0.05) is 25.8 Å². The molecule has 3 heteroatoms. The molecule has 92 valence electrons. The lowest BCUT2D eigenvalue weighted by Crippen LogP contribution is -2.28. The number of halogens is 2. The van der Waals surface area contributed by atoms with Crippen LogP contribution in [0.15, 0.2) is 18.2 Å². The summed E-state index contributed by atoms with van der Waals surface area (Å²) in [6, 6.07) is 3.82. The van der Waals surface area contributed by atoms with Crippen LogP contribution in [0.25, 0.3) is 0 Å². The van der Waals surface area contributed by atoms with Gasteiger partial charge in [0, 0.05) is 5.41 Å². The topological polar surface area (TPSA) is 17.1 Å². The van der Waals surface area contributed by atoms with Crippen LogP contribution in [0.2, 0.25) is 0 Å². The van der Waals surface area contributed by atoms with Crippen molar-refractivity contribution in [2.75, 3.05) is 0 Å². The second kappa shape index (κ2) is 4.55. The van der Waals surface area contributed by atoms with E-state index < -0.39 is 17.0 Å². The van der Waals surface area contributed by atoms with Gasteiger partial charge >= 0.3 is 0 Å². The van der Waals surface area contributed by atoms with E-state index in [1.165, 1.54) is 12.1 Å². The lowest BCUT2D eigenvalue weighted by molar-refractivity contribution is 0.0785. The molecule has 1 aliphatic carbocycles. The van der Waals surface area contributed by atoms with E-state index >= 15 is 0 Å². The zero-order valence-electron chi connectivity index (χ0n) is 9.93. The predicted octanol–water partition coefficient (Wildman–Crippen LogP) is 4.12. The highest BCUT2D eigenvalue weighted by Crippen LogP contribution is 2.43. The fourth-order valence-corrected chi connectivity index (χ4v) is 2.76. The fourth-order valence-electron chi connectivity index (χ4n) is 2.76. The first-order valence-corrected chi connectivity index (χ1v) is 6.09. The van der Waals surface area contributed by atoms with E-state index in [-0.39, 0.29) is 11.3 Å². The van der Waals surface area contributed by atoms with Crippen molar-refractivity contribution in [1.82, 2.24) is 0 Å². The van der Waals surface area contributed by atoms with E-state index in [0.29, 0.717) is 6.42 Å². The first-order chi connectivity index (χ1) is 8.10. The van der Waals surface area contributed by atoms with Crippen molar-refractivity contribution in [2.45, 2.75) is 39.0 Å². The number of benzene rings is 1. The molecule has 1 aromatic rings. The second-order valence-corrected chi connectivity index (χ2v) is 4.77. The van der Waals surface area contributed by atoms with Crippen LogP contribution in [0.3, 0.4) is 0 Å². The summed E-state index contributed by atoms with van der Waals surface area (Å²) in [4.78, 5) is 12.4. The van der Waals surface area contributed by atoms with Crippen molar-refractivity contribution in [1.29, 1.82) is 0 Å². The summed E-state index contributed by atoms with van der Waals surface area (Å²) in [6.07, 6.45) is 4.27. The summed E-state index contributed by atoms with van der Waals surface area (Å²) in [6.45, 7) is 1.94. The highest BCUT2D eigenvalue weighted by molar-refractivity contribution is 6.00. The summed E-state index contributed by atoms with van der Waals surface area (Å²) in [5.74, 6) is -2.17. The van der Waals surface area contributed by atoms with Gasteiger partial charge in [0.1, 0.15) is 0 Å². The first kappa shape index (κ1) is 12.2. The van der Waals surface area contributed by atoms with Crippen LogP contribution in [-0.2, 0) is 0 Å². The average Bonchev–Trinajstić information content (AvgIpc) is 2.82. The Labute approximate surface area is 99.8 Å². The van der Waals surface area contributed by atoms with E-state index in [2.05, 4.69) is 0 Å². The van der Waals surface area contributed by atoms with Gasteiger partial charge < -0.3 is 0 Å². The molecule has 1 saturated carbocycles. The molecule has 0 N–H and O–H groups in total. The molecule has 0 atom stereocenters. The number of hydrogen-bond donors (Lipinski definition) is 0. The minimum atomic E-state index is -1.00. The molecule has 1 fully saturated rings. The minimum absolute atomic E-state index is 0.0891. The molecule has 0 unspecified atom stereocenters. The third kappa shape index (κ3) is 1.99. The van der Waals surface area contributed by atoms with Gasteiger partial charge in [-0.15, -0.1) is 0 Å². The Kier molecular flexibility index (Phi) is 3.27. The third-order valence-corrected chi connectivity index (χ3v) is 3.92. The van der Waals surface area contributed by atoms with Gasteiger partial charge in [0.05, 0.1) is 5.56 Å². The maximum absolute atomic E-state index is 13.6. The maximum atomic E-state index is 13.6. The minimum Gasteiger partial charge on any atom is -0.293 e. The number of hydrogen-bond acceptors (Lipinski definition) is 1. The maximum Gasteiger partial charge on any atom is 0.172 e. The summed E-state index contributed by atoms with van der Waals surface area (Å²) in [5, 5.41) is 0. The third-order valence-electron chi connectivity index (χ3n) is 3.92. The monoisotopic (exact) mass is 238 g/mol. The molecule has 0 aromatic heterocycles. The molecule has 17 heavy (non-hydrogen) atoms. The Balaban J connectivity index is 2.39. The van der Waals surface area contributed by atoms with Crippen molar-refractivity contribution in [3.63, 3.8) is 0 Å². The van der Waals surface area contributed by atoms with Gasteiger partial charge in [0.15, 0.2) is 17.4 Å². The van der Waals surface area contributed by atoms with Crippen LogP contribution in [0, 0.1) is 17.0 Å². The SMILES string of the molecule is CCC1(C(=O)c2cccc(F)c2F)CCCC1. The number of carbonyl (C=O) groups excluding carboxylic acids is 1. The van der Waals surface area contributed by atoms with Gasteiger partial charge in [0.25, 0.3) is 0 Å². The fraction of sp³-hybridized carbons (Fsp3) is 0.500. The van der Waals surface area contributed by atoms with Crippen LogP contribution in [0.5, 0.6) is 0 Å². The first-order valence-electron chi connectivity index (χ1n) is 6.09. The molecule has 1 nitrogen and oxygen atoms in total. The molecule has 1 aromatic carbocycles. The van der Waals surface area contributed by atoms with Gasteiger partial charge in [-0.3, -0.25) is 4.79 Å². The Hall–Kier alpha value is -1.25. The molecule has 0 bridgehead atoms. The van der Waals surface area contributed by atoms with Crippen molar-refractivity contribution in [3.05, 3.63) is 35.4 Å². The number of rotatable bonds is 3. The molecule has 0 radical (unpaired) electrons. The summed E-state index contributed by atoms with van der Waals surface area (Å²) in [7, 11) is 0. The molecule has 0 spiro atoms. The van der Waals surface area contributed by atoms with Crippen molar-refractivity contribution in [3.8, 4) is 0 Å². The number of Topliss-reactive ketones (excluding diaryl/α,β-unsaturated/α-hetero) is 1. The van der Waals surface area contributed by atoms with Crippen molar-refractivity contribution < 1.29 is 13.6 Å². The highest BCUT2D eigenvalue weighted by atomic mass is 19.2. The quantitative estimate of drug-likeness (QED) is 0.724. The summed E-state index contributed by atoms with van der Waals surface area (Å²) >= 11 is 0. The number of ketones is 1. The molecule has 1 aliphatic rings. The molecule has 0 amide bonds. The zero-order valence-corrected chi connectivity index (χ0v) is 9.93. The Bertz CT molecular complexity index is 434.